The summed E-state index contributed by atoms with van der Waals surface area (Å²) < 4.78 is 11.5. The maximum atomic E-state index is 11.4. The Kier molecular flexibility index (Phi) is 6.65. The zero-order valence-corrected chi connectivity index (χ0v) is 11.7. The van der Waals surface area contributed by atoms with Gasteiger partial charge in [-0.1, -0.05) is 0 Å². The number of esters is 1. The van der Waals surface area contributed by atoms with Crippen LogP contribution in [0.25, 0.3) is 0 Å². The molecule has 1 aromatic rings. The van der Waals surface area contributed by atoms with Crippen molar-refractivity contribution in [3.8, 4) is 0 Å². The normalized spacial score (nSPS) is 10.5. The molecule has 1 rings (SSSR count). The number of aryl methyl sites for hydroxylation is 1. The standard InChI is InChI=1S/C12H19N3O5/c1-3-19-7-4-5-12(16)20-8-6-14-10(2)13-9-11(14)15(17)18/h9H,3-8H2,1-2H3. The molecule has 0 radical (unpaired) electrons. The topological polar surface area (TPSA) is 96.5 Å². The Labute approximate surface area is 116 Å². The van der Waals surface area contributed by atoms with Crippen LogP contribution in [0.3, 0.4) is 0 Å². The fourth-order valence-electron chi connectivity index (χ4n) is 1.66. The summed E-state index contributed by atoms with van der Waals surface area (Å²) in [5, 5.41) is 10.8. The second kappa shape index (κ2) is 8.26. The number of hydrogen-bond donors (Lipinski definition) is 0. The Balaban J connectivity index is 2.32. The Hall–Kier alpha value is -1.96. The first-order valence-electron chi connectivity index (χ1n) is 6.46. The monoisotopic (exact) mass is 285 g/mol. The van der Waals surface area contributed by atoms with Gasteiger partial charge in [-0.3, -0.25) is 4.79 Å². The molecule has 0 saturated carbocycles. The fourth-order valence-corrected chi connectivity index (χ4v) is 1.66. The van der Waals surface area contributed by atoms with Crippen LogP contribution in [-0.4, -0.2) is 40.3 Å². The summed E-state index contributed by atoms with van der Waals surface area (Å²) in [5.41, 5.74) is 0. The average molecular weight is 285 g/mol. The minimum absolute atomic E-state index is 0.0888. The summed E-state index contributed by atoms with van der Waals surface area (Å²) >= 11 is 0. The van der Waals surface area contributed by atoms with Crippen molar-refractivity contribution in [2.45, 2.75) is 33.2 Å². The Morgan fingerprint density at radius 1 is 1.50 bits per heavy atom. The summed E-state index contributed by atoms with van der Waals surface area (Å²) in [6, 6.07) is 0. The largest absolute Gasteiger partial charge is 0.461 e. The molecular formula is C12H19N3O5. The molecule has 8 nitrogen and oxygen atoms in total. The van der Waals surface area contributed by atoms with Gasteiger partial charge in [0.05, 0.1) is 0 Å². The molecule has 1 heterocycles. The Bertz CT molecular complexity index is 458. The fraction of sp³-hybridized carbons (Fsp3) is 0.667. The van der Waals surface area contributed by atoms with Crippen LogP contribution in [0, 0.1) is 17.0 Å². The average Bonchev–Trinajstić information content (AvgIpc) is 2.77. The molecule has 0 atom stereocenters. The second-order valence-corrected chi connectivity index (χ2v) is 4.09. The van der Waals surface area contributed by atoms with Crippen molar-refractivity contribution in [2.24, 2.45) is 0 Å². The molecule has 0 bridgehead atoms. The van der Waals surface area contributed by atoms with E-state index < -0.39 is 4.92 Å². The number of nitro groups is 1. The van der Waals surface area contributed by atoms with E-state index in [0.717, 1.165) is 0 Å². The lowest BCUT2D eigenvalue weighted by Gasteiger charge is -2.05. The minimum atomic E-state index is -0.510. The molecule has 0 N–H and O–H groups in total. The smallest absolute Gasteiger partial charge is 0.342 e. The number of carbonyl (C=O) groups excluding carboxylic acids is 1. The lowest BCUT2D eigenvalue weighted by molar-refractivity contribution is -0.392. The molecule has 112 valence electrons. The third kappa shape index (κ3) is 4.96. The first-order chi connectivity index (χ1) is 9.56. The maximum Gasteiger partial charge on any atom is 0.342 e. The molecule has 0 fully saturated rings. The Morgan fingerprint density at radius 3 is 2.90 bits per heavy atom. The van der Waals surface area contributed by atoms with Gasteiger partial charge < -0.3 is 19.6 Å². The quantitative estimate of drug-likeness (QED) is 0.295. The van der Waals surface area contributed by atoms with Gasteiger partial charge in [0.15, 0.2) is 5.82 Å². The van der Waals surface area contributed by atoms with Crippen molar-refractivity contribution in [3.63, 3.8) is 0 Å². The van der Waals surface area contributed by atoms with Crippen LogP contribution < -0.4 is 0 Å². The minimum Gasteiger partial charge on any atom is -0.461 e. The number of ether oxygens (including phenoxy) is 2. The van der Waals surface area contributed by atoms with Gasteiger partial charge in [-0.15, -0.1) is 0 Å². The third-order valence-corrected chi connectivity index (χ3v) is 2.67. The lowest BCUT2D eigenvalue weighted by atomic mass is 10.3. The zero-order valence-electron chi connectivity index (χ0n) is 11.7. The number of rotatable bonds is 9. The van der Waals surface area contributed by atoms with E-state index >= 15 is 0 Å². The Morgan fingerprint density at radius 2 is 2.25 bits per heavy atom. The molecule has 0 aromatic carbocycles. The summed E-state index contributed by atoms with van der Waals surface area (Å²) in [5.74, 6) is 0.0871. The van der Waals surface area contributed by atoms with Crippen molar-refractivity contribution in [2.75, 3.05) is 19.8 Å². The van der Waals surface area contributed by atoms with Gasteiger partial charge in [-0.05, 0) is 18.3 Å². The number of carbonyl (C=O) groups is 1. The molecule has 1 aromatic heterocycles. The summed E-state index contributed by atoms with van der Waals surface area (Å²) in [6.07, 6.45) is 2.08. The van der Waals surface area contributed by atoms with Crippen LogP contribution in [0.1, 0.15) is 25.6 Å². The van der Waals surface area contributed by atoms with Crippen LogP contribution in [0.4, 0.5) is 5.82 Å². The SMILES string of the molecule is CCOCCCC(=O)OCCn1c([N+](=O)[O-])cnc1C. The maximum absolute atomic E-state index is 11.4. The van der Waals surface area contributed by atoms with Crippen LogP contribution in [-0.2, 0) is 20.8 Å². The zero-order chi connectivity index (χ0) is 15.0. The van der Waals surface area contributed by atoms with Crippen LogP contribution in [0.2, 0.25) is 0 Å². The van der Waals surface area contributed by atoms with Crippen molar-refractivity contribution < 1.29 is 19.2 Å². The van der Waals surface area contributed by atoms with Crippen LogP contribution in [0.15, 0.2) is 6.20 Å². The van der Waals surface area contributed by atoms with Crippen molar-refractivity contribution in [3.05, 3.63) is 22.1 Å². The van der Waals surface area contributed by atoms with E-state index in [1.54, 1.807) is 6.92 Å². The molecule has 0 aliphatic heterocycles. The summed E-state index contributed by atoms with van der Waals surface area (Å²) in [4.78, 5) is 25.5. The van der Waals surface area contributed by atoms with E-state index in [2.05, 4.69) is 4.98 Å². The molecular weight excluding hydrogens is 266 g/mol. The highest BCUT2D eigenvalue weighted by Crippen LogP contribution is 2.13. The number of hydrogen-bond acceptors (Lipinski definition) is 6. The number of aromatic nitrogens is 2. The van der Waals surface area contributed by atoms with Gasteiger partial charge >= 0.3 is 11.8 Å². The van der Waals surface area contributed by atoms with E-state index in [1.165, 1.54) is 10.8 Å². The number of imidazole rings is 1. The van der Waals surface area contributed by atoms with Crippen molar-refractivity contribution >= 4 is 11.8 Å². The molecule has 0 unspecified atom stereocenters. The highest BCUT2D eigenvalue weighted by atomic mass is 16.6. The first-order valence-corrected chi connectivity index (χ1v) is 6.46. The van der Waals surface area contributed by atoms with Crippen molar-refractivity contribution in [1.82, 2.24) is 9.55 Å². The van der Waals surface area contributed by atoms with Crippen molar-refractivity contribution in [1.29, 1.82) is 0 Å². The van der Waals surface area contributed by atoms with Gasteiger partial charge in [0.2, 0.25) is 0 Å². The third-order valence-electron chi connectivity index (χ3n) is 2.67. The number of nitrogens with zero attached hydrogens (tertiary/aromatic N) is 3. The van der Waals surface area contributed by atoms with Gasteiger partial charge in [0.1, 0.15) is 19.3 Å². The highest BCUT2D eigenvalue weighted by molar-refractivity contribution is 5.69. The summed E-state index contributed by atoms with van der Waals surface area (Å²) in [7, 11) is 0. The van der Waals surface area contributed by atoms with E-state index in [9.17, 15) is 14.9 Å². The predicted molar refractivity (Wildman–Crippen MR) is 70.3 cm³/mol. The molecule has 0 amide bonds. The molecule has 8 heteroatoms. The molecule has 0 aliphatic rings. The van der Waals surface area contributed by atoms with E-state index in [1.807, 2.05) is 6.92 Å². The molecule has 0 saturated heterocycles. The molecule has 0 spiro atoms. The van der Waals surface area contributed by atoms with Gasteiger partial charge in [-0.25, -0.2) is 9.55 Å². The van der Waals surface area contributed by atoms with Gasteiger partial charge in [0, 0.05) is 26.6 Å². The van der Waals surface area contributed by atoms with Crippen LogP contribution >= 0.6 is 0 Å². The van der Waals surface area contributed by atoms with E-state index in [-0.39, 0.29) is 31.4 Å². The van der Waals surface area contributed by atoms with Gasteiger partial charge in [-0.2, -0.15) is 0 Å². The highest BCUT2D eigenvalue weighted by Gasteiger charge is 2.17. The van der Waals surface area contributed by atoms with E-state index in [4.69, 9.17) is 9.47 Å². The molecule has 20 heavy (non-hydrogen) atoms. The lowest BCUT2D eigenvalue weighted by Crippen LogP contribution is -2.14. The van der Waals surface area contributed by atoms with E-state index in [0.29, 0.717) is 25.5 Å². The predicted octanol–water partition coefficient (Wildman–Crippen LogP) is 1.46. The van der Waals surface area contributed by atoms with Crippen LogP contribution in [0.5, 0.6) is 0 Å². The first kappa shape index (κ1) is 16.1. The second-order valence-electron chi connectivity index (χ2n) is 4.09. The molecule has 0 aliphatic carbocycles. The van der Waals surface area contributed by atoms with Gasteiger partial charge in [0.25, 0.3) is 0 Å². The summed E-state index contributed by atoms with van der Waals surface area (Å²) in [6.45, 7) is 5.01.